The number of halogens is 4. The van der Waals surface area contributed by atoms with Crippen molar-refractivity contribution in [1.82, 2.24) is 4.98 Å². The summed E-state index contributed by atoms with van der Waals surface area (Å²) in [6, 6.07) is 5.39. The molecule has 1 heterocycles. The molecule has 0 amide bonds. The van der Waals surface area contributed by atoms with Gasteiger partial charge in [-0.3, -0.25) is 4.79 Å². The second-order valence-corrected chi connectivity index (χ2v) is 4.64. The van der Waals surface area contributed by atoms with Gasteiger partial charge in [-0.15, -0.1) is 0 Å². The second-order valence-electron chi connectivity index (χ2n) is 3.44. The summed E-state index contributed by atoms with van der Waals surface area (Å²) in [4.78, 5) is 14.6. The van der Waals surface area contributed by atoms with E-state index in [9.17, 15) is 9.18 Å². The Kier molecular flexibility index (Phi) is 3.85. The molecule has 0 bridgehead atoms. The fourth-order valence-electron chi connectivity index (χ4n) is 1.46. The average Bonchev–Trinajstić information content (AvgIpc) is 2.35. The molecule has 18 heavy (non-hydrogen) atoms. The minimum Gasteiger partial charge on any atom is -0.298 e. The lowest BCUT2D eigenvalue weighted by atomic mass is 10.1. The third-order valence-corrected chi connectivity index (χ3v) is 3.47. The smallest absolute Gasteiger partial charge is 0.213 e. The molecular formula is C12H5Cl3FNO. The maximum atomic E-state index is 13.1. The number of benzene rings is 1. The van der Waals surface area contributed by atoms with Gasteiger partial charge in [-0.2, -0.15) is 4.39 Å². The number of aromatic nitrogens is 1. The first-order valence-electron chi connectivity index (χ1n) is 4.79. The Labute approximate surface area is 117 Å². The molecule has 92 valence electrons. The largest absolute Gasteiger partial charge is 0.298 e. The van der Waals surface area contributed by atoms with Crippen molar-refractivity contribution in [2.45, 2.75) is 0 Å². The molecule has 0 N–H and O–H groups in total. The quantitative estimate of drug-likeness (QED) is 0.459. The van der Waals surface area contributed by atoms with Crippen LogP contribution in [-0.2, 0) is 0 Å². The molecular weight excluding hydrogens is 299 g/mol. The normalized spacial score (nSPS) is 10.4. The van der Waals surface area contributed by atoms with Crippen molar-refractivity contribution in [1.29, 1.82) is 0 Å². The summed E-state index contributed by atoms with van der Waals surface area (Å²) in [5.74, 6) is -0.696. The van der Waals surface area contributed by atoms with Crippen LogP contribution in [0.4, 0.5) is 4.39 Å². The van der Waals surface area contributed by atoms with Gasteiger partial charge in [-0.05, 0) is 24.3 Å². The van der Waals surface area contributed by atoms with Gasteiger partial charge in [0.05, 0.1) is 20.8 Å². The van der Waals surface area contributed by atoms with E-state index in [1.807, 2.05) is 0 Å². The van der Waals surface area contributed by atoms with Crippen LogP contribution in [0.2, 0.25) is 15.1 Å². The molecule has 2 aromatic rings. The Morgan fingerprint density at radius 3 is 2.28 bits per heavy atom. The first kappa shape index (κ1) is 13.3. The third-order valence-electron chi connectivity index (χ3n) is 2.28. The van der Waals surface area contributed by atoms with Crippen LogP contribution >= 0.6 is 34.8 Å². The maximum Gasteiger partial charge on any atom is 0.213 e. The molecule has 2 rings (SSSR count). The van der Waals surface area contributed by atoms with Crippen molar-refractivity contribution in [3.05, 3.63) is 50.8 Å². The van der Waals surface area contributed by atoms with Crippen molar-refractivity contribution in [2.75, 3.05) is 0 Å². The summed E-state index contributed by atoms with van der Waals surface area (Å²) in [5, 5.41) is 0.621. The molecule has 0 fully saturated rings. The Morgan fingerprint density at radius 2 is 1.72 bits per heavy atom. The molecule has 0 atom stereocenters. The Balaban J connectivity index is 2.68. The predicted molar refractivity (Wildman–Crippen MR) is 70.0 cm³/mol. The van der Waals surface area contributed by atoms with Crippen molar-refractivity contribution < 1.29 is 9.18 Å². The summed E-state index contributed by atoms with van der Waals surface area (Å²) >= 11 is 17.6. The van der Waals surface area contributed by atoms with Crippen LogP contribution in [0.1, 0.15) is 10.4 Å². The molecule has 0 aliphatic carbocycles. The molecule has 0 spiro atoms. The van der Waals surface area contributed by atoms with Gasteiger partial charge < -0.3 is 0 Å². The Bertz CT molecular complexity index is 608. The average molecular weight is 305 g/mol. The second kappa shape index (κ2) is 5.22. The number of rotatable bonds is 2. The highest BCUT2D eigenvalue weighted by Crippen LogP contribution is 2.35. The van der Waals surface area contributed by atoms with Crippen LogP contribution in [-0.4, -0.2) is 11.3 Å². The lowest BCUT2D eigenvalue weighted by Gasteiger charge is -2.07. The zero-order valence-electron chi connectivity index (χ0n) is 8.75. The van der Waals surface area contributed by atoms with Crippen molar-refractivity contribution in [2.24, 2.45) is 0 Å². The summed E-state index contributed by atoms with van der Waals surface area (Å²) in [6.45, 7) is 0. The van der Waals surface area contributed by atoms with E-state index < -0.39 is 5.95 Å². The molecule has 0 saturated carbocycles. The highest BCUT2D eigenvalue weighted by molar-refractivity contribution is 6.48. The first-order chi connectivity index (χ1) is 8.52. The first-order valence-corrected chi connectivity index (χ1v) is 5.93. The minimum atomic E-state index is -0.696. The minimum absolute atomic E-state index is 0.172. The van der Waals surface area contributed by atoms with Gasteiger partial charge in [0.15, 0.2) is 6.29 Å². The fourth-order valence-corrected chi connectivity index (χ4v) is 2.06. The van der Waals surface area contributed by atoms with Gasteiger partial charge in [0, 0.05) is 11.1 Å². The van der Waals surface area contributed by atoms with Crippen molar-refractivity contribution >= 4 is 41.1 Å². The van der Waals surface area contributed by atoms with Gasteiger partial charge in [-0.25, -0.2) is 4.98 Å². The van der Waals surface area contributed by atoms with Gasteiger partial charge in [0.1, 0.15) is 0 Å². The van der Waals surface area contributed by atoms with Crippen LogP contribution in [0.15, 0.2) is 24.3 Å². The number of aldehydes is 1. The number of carbonyl (C=O) groups is 1. The lowest BCUT2D eigenvalue weighted by molar-refractivity contribution is 0.112. The summed E-state index contributed by atoms with van der Waals surface area (Å²) < 4.78 is 13.1. The Morgan fingerprint density at radius 1 is 1.11 bits per heavy atom. The predicted octanol–water partition coefficient (Wildman–Crippen LogP) is 4.66. The summed E-state index contributed by atoms with van der Waals surface area (Å²) in [7, 11) is 0. The van der Waals surface area contributed by atoms with Crippen LogP contribution in [0.5, 0.6) is 0 Å². The fraction of sp³-hybridized carbons (Fsp3) is 0. The van der Waals surface area contributed by atoms with Crippen LogP contribution in [0.25, 0.3) is 11.3 Å². The van der Waals surface area contributed by atoms with Gasteiger partial charge in [0.25, 0.3) is 0 Å². The van der Waals surface area contributed by atoms with E-state index in [0.29, 0.717) is 11.8 Å². The van der Waals surface area contributed by atoms with E-state index in [0.717, 1.165) is 6.07 Å². The van der Waals surface area contributed by atoms with Gasteiger partial charge >= 0.3 is 0 Å². The monoisotopic (exact) mass is 303 g/mol. The molecule has 6 heteroatoms. The van der Waals surface area contributed by atoms with Gasteiger partial charge in [0.2, 0.25) is 5.95 Å². The number of hydrogen-bond donors (Lipinski definition) is 0. The van der Waals surface area contributed by atoms with Crippen LogP contribution in [0, 0.1) is 5.95 Å². The zero-order chi connectivity index (χ0) is 13.3. The Hall–Kier alpha value is -1.16. The van der Waals surface area contributed by atoms with E-state index in [1.165, 1.54) is 18.2 Å². The molecule has 1 aromatic carbocycles. The maximum absolute atomic E-state index is 13.1. The third kappa shape index (κ3) is 2.48. The molecule has 1 aromatic heterocycles. The highest BCUT2D eigenvalue weighted by atomic mass is 35.5. The lowest BCUT2D eigenvalue weighted by Crippen LogP contribution is -1.95. The molecule has 0 radical (unpaired) electrons. The number of carbonyl (C=O) groups excluding carboxylic acids is 1. The highest BCUT2D eigenvalue weighted by Gasteiger charge is 2.12. The van der Waals surface area contributed by atoms with E-state index in [1.54, 1.807) is 0 Å². The number of nitrogens with zero attached hydrogens (tertiary/aromatic N) is 1. The van der Waals surface area contributed by atoms with Crippen LogP contribution in [0.3, 0.4) is 0 Å². The molecule has 0 unspecified atom stereocenters. The van der Waals surface area contributed by atoms with Crippen LogP contribution < -0.4 is 0 Å². The summed E-state index contributed by atoms with van der Waals surface area (Å²) in [5.41, 5.74) is 0.840. The topological polar surface area (TPSA) is 30.0 Å². The molecule has 0 aliphatic rings. The van der Waals surface area contributed by atoms with Crippen molar-refractivity contribution in [3.8, 4) is 11.3 Å². The standard InChI is InChI=1S/C12H5Cl3FNO/c13-8-3-7(4-9(14)11(8)15)12-6(5-18)1-2-10(16)17-12/h1-5H. The molecule has 2 nitrogen and oxygen atoms in total. The summed E-state index contributed by atoms with van der Waals surface area (Å²) in [6.07, 6.45) is 0.582. The van der Waals surface area contributed by atoms with Crippen molar-refractivity contribution in [3.63, 3.8) is 0 Å². The van der Waals surface area contributed by atoms with E-state index >= 15 is 0 Å². The van der Waals surface area contributed by atoms with E-state index in [-0.39, 0.29) is 26.3 Å². The zero-order valence-corrected chi connectivity index (χ0v) is 11.0. The number of pyridine rings is 1. The molecule has 0 aliphatic heterocycles. The van der Waals surface area contributed by atoms with Gasteiger partial charge in [-0.1, -0.05) is 34.8 Å². The SMILES string of the molecule is O=Cc1ccc(F)nc1-c1cc(Cl)c(Cl)c(Cl)c1. The van der Waals surface area contributed by atoms with E-state index in [4.69, 9.17) is 34.8 Å². The molecule has 0 saturated heterocycles. The number of hydrogen-bond acceptors (Lipinski definition) is 2. The van der Waals surface area contributed by atoms with E-state index in [2.05, 4.69) is 4.98 Å².